The third-order valence-corrected chi connectivity index (χ3v) is 6.40. The maximum atomic E-state index is 4.39. The summed E-state index contributed by atoms with van der Waals surface area (Å²) < 4.78 is 5.83. The van der Waals surface area contributed by atoms with E-state index in [4.69, 9.17) is 0 Å². The van der Waals surface area contributed by atoms with Crippen molar-refractivity contribution >= 4 is 34.5 Å². The van der Waals surface area contributed by atoms with Crippen molar-refractivity contribution in [3.05, 3.63) is 85.3 Å². The maximum absolute atomic E-state index is 4.39. The number of rotatable bonds is 6. The summed E-state index contributed by atoms with van der Waals surface area (Å²) in [6, 6.07) is 22.5. The van der Waals surface area contributed by atoms with E-state index >= 15 is 0 Å². The average molecular weight is 482 g/mol. The van der Waals surface area contributed by atoms with Crippen LogP contribution in [0.3, 0.4) is 0 Å². The monoisotopic (exact) mass is 481 g/mol. The number of nitrogens with zero attached hydrogens (tertiary/aromatic N) is 9. The van der Waals surface area contributed by atoms with Crippen LogP contribution in [0.15, 0.2) is 106 Å². The first-order chi connectivity index (χ1) is 17.6. The number of pyridine rings is 1. The minimum Gasteiger partial charge on any atom is -0.368 e. The van der Waals surface area contributed by atoms with E-state index in [2.05, 4.69) is 54.5 Å². The van der Waals surface area contributed by atoms with Crippen molar-refractivity contribution in [1.29, 1.82) is 0 Å². The largest absolute Gasteiger partial charge is 0.421 e. The summed E-state index contributed by atoms with van der Waals surface area (Å²) in [6.45, 7) is 3.86. The molecule has 0 unspecified atom stereocenters. The fraction of sp³-hybridized carbons (Fsp3) is 0.259. The summed E-state index contributed by atoms with van der Waals surface area (Å²) in [5.74, 6) is 1.62. The average Bonchev–Trinajstić information content (AvgIpc) is 3.24. The number of benzene rings is 2. The molecule has 9 heteroatoms. The molecule has 9 nitrogen and oxygen atoms in total. The van der Waals surface area contributed by atoms with Crippen LogP contribution >= 0.6 is 0 Å². The van der Waals surface area contributed by atoms with Gasteiger partial charge in [-0.25, -0.2) is 13.7 Å². The van der Waals surface area contributed by atoms with E-state index in [1.165, 1.54) is 11.4 Å². The topological polar surface area (TPSA) is 68.6 Å². The normalized spacial score (nSPS) is 14.3. The SMILES string of the molecule is Cn1cc[n+](C)c1N=Nc1ccc(N2CCN(c3ccc(N=Nc4cccc[n+]4C)cc3)CC2)cc1. The molecule has 0 spiro atoms. The summed E-state index contributed by atoms with van der Waals surface area (Å²) >= 11 is 0. The van der Waals surface area contributed by atoms with E-state index in [1.807, 2.05) is 95.9 Å². The Labute approximate surface area is 211 Å². The van der Waals surface area contributed by atoms with Crippen LogP contribution in [-0.2, 0) is 21.1 Å². The van der Waals surface area contributed by atoms with Crippen molar-refractivity contribution in [3.63, 3.8) is 0 Å². The third kappa shape index (κ3) is 5.30. The Balaban J connectivity index is 1.16. The quantitative estimate of drug-likeness (QED) is 0.292. The Morgan fingerprint density at radius 3 is 1.67 bits per heavy atom. The molecule has 0 aliphatic carbocycles. The molecule has 0 radical (unpaired) electrons. The van der Waals surface area contributed by atoms with Gasteiger partial charge in [0.25, 0.3) is 0 Å². The second kappa shape index (κ2) is 10.5. The van der Waals surface area contributed by atoms with Crippen LogP contribution < -0.4 is 18.9 Å². The Bertz CT molecular complexity index is 1340. The molecule has 36 heavy (non-hydrogen) atoms. The highest BCUT2D eigenvalue weighted by atomic mass is 15.3. The van der Waals surface area contributed by atoms with Crippen LogP contribution in [-0.4, -0.2) is 30.7 Å². The molecule has 4 aromatic rings. The molecule has 0 atom stereocenters. The molecule has 2 aromatic carbocycles. The number of aromatic nitrogens is 3. The van der Waals surface area contributed by atoms with Gasteiger partial charge in [0.2, 0.25) is 0 Å². The minimum absolute atomic E-state index is 0.802. The van der Waals surface area contributed by atoms with Crippen LogP contribution in [0, 0.1) is 0 Å². The second-order valence-corrected chi connectivity index (χ2v) is 8.90. The fourth-order valence-electron chi connectivity index (χ4n) is 4.24. The number of azo groups is 2. The van der Waals surface area contributed by atoms with Gasteiger partial charge in [-0.2, -0.15) is 0 Å². The van der Waals surface area contributed by atoms with Gasteiger partial charge in [-0.05, 0) is 59.7 Å². The number of piperazine rings is 1. The van der Waals surface area contributed by atoms with Gasteiger partial charge in [0.15, 0.2) is 0 Å². The molecule has 5 rings (SSSR count). The minimum atomic E-state index is 0.802. The number of anilines is 2. The van der Waals surface area contributed by atoms with E-state index in [0.29, 0.717) is 0 Å². The lowest BCUT2D eigenvalue weighted by Gasteiger charge is -2.37. The molecule has 1 aliphatic rings. The van der Waals surface area contributed by atoms with Crippen LogP contribution in [0.2, 0.25) is 0 Å². The molecule has 1 fully saturated rings. The maximum Gasteiger partial charge on any atom is 0.421 e. The van der Waals surface area contributed by atoms with E-state index in [-0.39, 0.29) is 0 Å². The Morgan fingerprint density at radius 1 is 0.611 bits per heavy atom. The molecule has 3 heterocycles. The Morgan fingerprint density at radius 2 is 1.17 bits per heavy atom. The molecular weight excluding hydrogens is 450 g/mol. The van der Waals surface area contributed by atoms with Crippen molar-refractivity contribution in [2.45, 2.75) is 0 Å². The highest BCUT2D eigenvalue weighted by molar-refractivity contribution is 5.56. The molecule has 1 saturated heterocycles. The van der Waals surface area contributed by atoms with Gasteiger partial charge in [-0.15, -0.1) is 0 Å². The van der Waals surface area contributed by atoms with Gasteiger partial charge in [-0.3, -0.25) is 0 Å². The number of hydrogen-bond donors (Lipinski definition) is 0. The molecule has 1 aliphatic heterocycles. The van der Waals surface area contributed by atoms with Gasteiger partial charge in [0, 0.05) is 48.7 Å². The summed E-state index contributed by atoms with van der Waals surface area (Å²) in [4.78, 5) is 4.83. The summed E-state index contributed by atoms with van der Waals surface area (Å²) in [7, 11) is 5.88. The van der Waals surface area contributed by atoms with E-state index in [1.54, 1.807) is 0 Å². The van der Waals surface area contributed by atoms with Gasteiger partial charge in [0.1, 0.15) is 11.4 Å². The molecule has 0 N–H and O–H groups in total. The van der Waals surface area contributed by atoms with Crippen LogP contribution in [0.25, 0.3) is 0 Å². The first-order valence-corrected chi connectivity index (χ1v) is 12.1. The van der Waals surface area contributed by atoms with Gasteiger partial charge < -0.3 is 9.80 Å². The van der Waals surface area contributed by atoms with Crippen LogP contribution in [0.1, 0.15) is 0 Å². The zero-order valence-corrected chi connectivity index (χ0v) is 20.9. The molecule has 0 saturated carbocycles. The van der Waals surface area contributed by atoms with Gasteiger partial charge in [-0.1, -0.05) is 11.2 Å². The van der Waals surface area contributed by atoms with E-state index < -0.39 is 0 Å². The molecular formula is C27H31N9+2. The van der Waals surface area contributed by atoms with Crippen molar-refractivity contribution in [2.75, 3.05) is 36.0 Å². The summed E-state index contributed by atoms with van der Waals surface area (Å²) in [5, 5.41) is 17.5. The van der Waals surface area contributed by atoms with Crippen molar-refractivity contribution in [2.24, 2.45) is 41.6 Å². The lowest BCUT2D eigenvalue weighted by atomic mass is 10.2. The number of imidazole rings is 1. The van der Waals surface area contributed by atoms with E-state index in [0.717, 1.165) is 49.3 Å². The number of aryl methyl sites for hydroxylation is 3. The standard InChI is InChI=1S/C27H31N9/c1-32-15-5-4-6-26(32)30-28-22-7-11-24(12-8-22)35-18-20-36(21-19-35)25-13-9-23(10-14-25)29-31-27-33(2)16-17-34(27)3/h4-17H,18-21H2,1-3H3/q+2. The zero-order valence-electron chi connectivity index (χ0n) is 20.9. The first-order valence-electron chi connectivity index (χ1n) is 12.1. The van der Waals surface area contributed by atoms with Gasteiger partial charge >= 0.3 is 11.8 Å². The highest BCUT2D eigenvalue weighted by Gasteiger charge is 2.18. The van der Waals surface area contributed by atoms with Crippen molar-refractivity contribution in [1.82, 2.24) is 4.57 Å². The first kappa shape index (κ1) is 23.3. The fourth-order valence-corrected chi connectivity index (χ4v) is 4.24. The number of hydrogen-bond acceptors (Lipinski definition) is 6. The van der Waals surface area contributed by atoms with Crippen LogP contribution in [0.5, 0.6) is 0 Å². The Kier molecular flexibility index (Phi) is 6.79. The predicted molar refractivity (Wildman–Crippen MR) is 140 cm³/mol. The highest BCUT2D eigenvalue weighted by Crippen LogP contribution is 2.25. The Hall–Kier alpha value is -4.40. The predicted octanol–water partition coefficient (Wildman–Crippen LogP) is 4.83. The van der Waals surface area contributed by atoms with Crippen molar-refractivity contribution in [3.8, 4) is 0 Å². The lowest BCUT2D eigenvalue weighted by molar-refractivity contribution is -0.658. The van der Waals surface area contributed by atoms with Crippen LogP contribution in [0.4, 0.5) is 34.5 Å². The zero-order chi connectivity index (χ0) is 24.9. The summed E-state index contributed by atoms with van der Waals surface area (Å²) in [5.41, 5.74) is 4.11. The molecule has 0 amide bonds. The lowest BCUT2D eigenvalue weighted by Crippen LogP contribution is -2.46. The smallest absolute Gasteiger partial charge is 0.368 e. The molecule has 182 valence electrons. The summed E-state index contributed by atoms with van der Waals surface area (Å²) in [6.07, 6.45) is 5.88. The second-order valence-electron chi connectivity index (χ2n) is 8.90. The van der Waals surface area contributed by atoms with Crippen molar-refractivity contribution < 1.29 is 9.13 Å². The molecule has 2 aromatic heterocycles. The van der Waals surface area contributed by atoms with Gasteiger partial charge in [0.05, 0.1) is 44.8 Å². The third-order valence-electron chi connectivity index (χ3n) is 6.40. The van der Waals surface area contributed by atoms with E-state index in [9.17, 15) is 0 Å². The molecule has 0 bridgehead atoms.